The minimum Gasteiger partial charge on any atom is -0.457 e. The molecule has 146 valence electrons. The number of sulfonamides is 1. The monoisotopic (exact) mass is 392 g/mol. The molecule has 1 unspecified atom stereocenters. The first-order valence-corrected chi connectivity index (χ1v) is 9.87. The van der Waals surface area contributed by atoms with Crippen LogP contribution < -0.4 is 10.2 Å². The fourth-order valence-electron chi connectivity index (χ4n) is 2.69. The van der Waals surface area contributed by atoms with E-state index < -0.39 is 22.0 Å². The second kappa shape index (κ2) is 8.51. The lowest BCUT2D eigenvalue weighted by Gasteiger charge is -2.28. The topological polar surface area (TPSA) is 95.9 Å². The molecule has 0 aliphatic heterocycles. The van der Waals surface area contributed by atoms with Crippen LogP contribution in [-0.2, 0) is 14.8 Å². The molecule has 8 heteroatoms. The van der Waals surface area contributed by atoms with E-state index in [-0.39, 0.29) is 10.8 Å². The number of hydrogen-bond acceptors (Lipinski definition) is 5. The Morgan fingerprint density at radius 3 is 1.96 bits per heavy atom. The largest absolute Gasteiger partial charge is 0.457 e. The molecule has 2 aromatic rings. The zero-order valence-corrected chi connectivity index (χ0v) is 16.5. The van der Waals surface area contributed by atoms with E-state index in [0.717, 1.165) is 9.87 Å². The fourth-order valence-corrected chi connectivity index (χ4v) is 4.14. The van der Waals surface area contributed by atoms with Crippen molar-refractivity contribution in [3.63, 3.8) is 0 Å². The number of hydrogen-bond donors (Lipinski definition) is 2. The summed E-state index contributed by atoms with van der Waals surface area (Å²) in [5.41, 5.74) is 2.64. The maximum absolute atomic E-state index is 12.8. The first-order chi connectivity index (χ1) is 12.7. The van der Waals surface area contributed by atoms with E-state index in [0.29, 0.717) is 11.5 Å². The molecule has 2 aromatic carbocycles. The van der Waals surface area contributed by atoms with Crippen molar-refractivity contribution in [2.75, 3.05) is 7.05 Å². The Balaban J connectivity index is 2.23. The van der Waals surface area contributed by atoms with E-state index in [4.69, 9.17) is 9.94 Å². The summed E-state index contributed by atoms with van der Waals surface area (Å²) >= 11 is 0. The van der Waals surface area contributed by atoms with Gasteiger partial charge in [0.25, 0.3) is 5.91 Å². The van der Waals surface area contributed by atoms with E-state index in [1.165, 1.54) is 24.7 Å². The summed E-state index contributed by atoms with van der Waals surface area (Å²) in [6.45, 7) is 5.37. The Kier molecular flexibility index (Phi) is 6.59. The highest BCUT2D eigenvalue weighted by Gasteiger charge is 2.34. The number of amides is 1. The molecule has 0 bridgehead atoms. The molecule has 7 nitrogen and oxygen atoms in total. The normalized spacial score (nSPS) is 12.9. The van der Waals surface area contributed by atoms with Crippen LogP contribution in [0, 0.1) is 12.8 Å². The van der Waals surface area contributed by atoms with Gasteiger partial charge in [0, 0.05) is 7.05 Å². The highest BCUT2D eigenvalue weighted by atomic mass is 32.2. The lowest BCUT2D eigenvalue weighted by molar-refractivity contribution is -0.134. The number of nitrogens with zero attached hydrogens (tertiary/aromatic N) is 1. The van der Waals surface area contributed by atoms with Crippen LogP contribution in [0.1, 0.15) is 19.4 Å². The van der Waals surface area contributed by atoms with Gasteiger partial charge in [-0.15, -0.1) is 0 Å². The molecular weight excluding hydrogens is 368 g/mol. The molecule has 0 aromatic heterocycles. The molecule has 0 fully saturated rings. The zero-order chi connectivity index (χ0) is 20.2. The summed E-state index contributed by atoms with van der Waals surface area (Å²) in [6, 6.07) is 12.4. The zero-order valence-electron chi connectivity index (χ0n) is 15.7. The number of likely N-dealkylation sites (N-methyl/N-ethyl adjacent to an activating group) is 1. The van der Waals surface area contributed by atoms with Crippen molar-refractivity contribution < 1.29 is 23.2 Å². The van der Waals surface area contributed by atoms with Gasteiger partial charge in [-0.25, -0.2) is 13.9 Å². The van der Waals surface area contributed by atoms with Gasteiger partial charge in [-0.05, 0) is 49.2 Å². The third-order valence-corrected chi connectivity index (χ3v) is 6.01. The van der Waals surface area contributed by atoms with Gasteiger partial charge in [-0.2, -0.15) is 4.31 Å². The molecular formula is C19H24N2O5S. The second-order valence-electron chi connectivity index (χ2n) is 6.57. The number of ether oxygens (including phenoxy) is 1. The Labute approximate surface area is 159 Å². The summed E-state index contributed by atoms with van der Waals surface area (Å²) in [7, 11) is -2.62. The lowest BCUT2D eigenvalue weighted by Crippen LogP contribution is -2.49. The van der Waals surface area contributed by atoms with Gasteiger partial charge >= 0.3 is 0 Å². The van der Waals surface area contributed by atoms with E-state index in [1.54, 1.807) is 26.0 Å². The summed E-state index contributed by atoms with van der Waals surface area (Å²) in [5, 5.41) is 8.90. The van der Waals surface area contributed by atoms with Crippen molar-refractivity contribution in [1.82, 2.24) is 9.79 Å². The van der Waals surface area contributed by atoms with Crippen molar-refractivity contribution in [3.8, 4) is 11.5 Å². The van der Waals surface area contributed by atoms with Crippen LogP contribution in [0.4, 0.5) is 0 Å². The van der Waals surface area contributed by atoms with Crippen molar-refractivity contribution in [2.45, 2.75) is 31.7 Å². The van der Waals surface area contributed by atoms with Crippen LogP contribution in [0.5, 0.6) is 11.5 Å². The lowest BCUT2D eigenvalue weighted by atomic mass is 10.0. The van der Waals surface area contributed by atoms with Crippen LogP contribution >= 0.6 is 0 Å². The average Bonchev–Trinajstić information content (AvgIpc) is 2.63. The molecule has 0 saturated heterocycles. The van der Waals surface area contributed by atoms with Gasteiger partial charge in [0.05, 0.1) is 4.90 Å². The number of nitrogens with one attached hydrogen (secondary N) is 1. The number of hydroxylamine groups is 1. The van der Waals surface area contributed by atoms with Gasteiger partial charge in [0.15, 0.2) is 0 Å². The number of benzene rings is 2. The van der Waals surface area contributed by atoms with Gasteiger partial charge in [0.1, 0.15) is 17.5 Å². The molecule has 1 amide bonds. The molecule has 0 heterocycles. The average molecular weight is 392 g/mol. The molecule has 0 saturated carbocycles. The summed E-state index contributed by atoms with van der Waals surface area (Å²) in [6.07, 6.45) is 0. The highest BCUT2D eigenvalue weighted by molar-refractivity contribution is 7.89. The molecule has 27 heavy (non-hydrogen) atoms. The molecule has 0 spiro atoms. The maximum Gasteiger partial charge on any atom is 0.262 e. The van der Waals surface area contributed by atoms with Crippen LogP contribution in [0.15, 0.2) is 53.4 Å². The van der Waals surface area contributed by atoms with Crippen molar-refractivity contribution >= 4 is 15.9 Å². The first-order valence-electron chi connectivity index (χ1n) is 8.43. The van der Waals surface area contributed by atoms with Gasteiger partial charge < -0.3 is 4.74 Å². The van der Waals surface area contributed by atoms with E-state index in [1.807, 2.05) is 31.2 Å². The van der Waals surface area contributed by atoms with Crippen molar-refractivity contribution in [3.05, 3.63) is 54.1 Å². The highest BCUT2D eigenvalue weighted by Crippen LogP contribution is 2.25. The molecule has 0 radical (unpaired) electrons. The summed E-state index contributed by atoms with van der Waals surface area (Å²) in [5.74, 6) is 0.0262. The standard InChI is InChI=1S/C19H24N2O5S/c1-13(2)18(19(22)20-23)21(4)27(24,25)17-11-9-16(10-12-17)26-15-7-5-14(3)6-8-15/h5-13,18,23H,1-4H3,(H,20,22). The smallest absolute Gasteiger partial charge is 0.262 e. The Morgan fingerprint density at radius 1 is 1.04 bits per heavy atom. The number of rotatable bonds is 7. The van der Waals surface area contributed by atoms with Gasteiger partial charge in [-0.3, -0.25) is 10.0 Å². The summed E-state index contributed by atoms with van der Waals surface area (Å²) < 4.78 is 32.3. The molecule has 0 aliphatic carbocycles. The SMILES string of the molecule is Cc1ccc(Oc2ccc(S(=O)(=O)N(C)C(C(=O)NO)C(C)C)cc2)cc1. The minimum absolute atomic E-state index is 0.0256. The van der Waals surface area contributed by atoms with Crippen LogP contribution in [0.25, 0.3) is 0 Å². The summed E-state index contributed by atoms with van der Waals surface area (Å²) in [4.78, 5) is 11.9. The Morgan fingerprint density at radius 2 is 1.52 bits per heavy atom. The third kappa shape index (κ3) is 4.85. The fraction of sp³-hybridized carbons (Fsp3) is 0.316. The Bertz CT molecular complexity index is 877. The number of carbonyl (C=O) groups is 1. The Hall–Kier alpha value is -2.42. The molecule has 2 N–H and O–H groups in total. The third-order valence-electron chi connectivity index (χ3n) is 4.16. The van der Waals surface area contributed by atoms with Gasteiger partial charge in [0.2, 0.25) is 10.0 Å². The van der Waals surface area contributed by atoms with Crippen LogP contribution in [0.2, 0.25) is 0 Å². The van der Waals surface area contributed by atoms with E-state index >= 15 is 0 Å². The molecule has 2 rings (SSSR count). The molecule has 1 atom stereocenters. The van der Waals surface area contributed by atoms with Crippen LogP contribution in [-0.4, -0.2) is 36.9 Å². The quantitative estimate of drug-likeness (QED) is 0.558. The van der Waals surface area contributed by atoms with E-state index in [9.17, 15) is 13.2 Å². The van der Waals surface area contributed by atoms with Crippen molar-refractivity contribution in [1.29, 1.82) is 0 Å². The predicted octanol–water partition coefficient (Wildman–Crippen LogP) is 2.94. The van der Waals surface area contributed by atoms with Crippen LogP contribution in [0.3, 0.4) is 0 Å². The predicted molar refractivity (Wildman–Crippen MR) is 101 cm³/mol. The number of aryl methyl sites for hydroxylation is 1. The maximum atomic E-state index is 12.8. The van der Waals surface area contributed by atoms with E-state index in [2.05, 4.69) is 0 Å². The minimum atomic E-state index is -3.93. The second-order valence-corrected chi connectivity index (χ2v) is 8.57. The molecule has 0 aliphatic rings. The first kappa shape index (κ1) is 20.9. The number of carbonyl (C=O) groups excluding carboxylic acids is 1. The van der Waals surface area contributed by atoms with Gasteiger partial charge in [-0.1, -0.05) is 31.5 Å². The van der Waals surface area contributed by atoms with Crippen molar-refractivity contribution in [2.24, 2.45) is 5.92 Å².